The lowest BCUT2D eigenvalue weighted by molar-refractivity contribution is -0.135. The molecule has 2 aromatic rings. The second kappa shape index (κ2) is 15.4. The van der Waals surface area contributed by atoms with E-state index >= 15 is 0 Å². The molecule has 2 aromatic carbocycles. The summed E-state index contributed by atoms with van der Waals surface area (Å²) >= 11 is 12.0. The lowest BCUT2D eigenvalue weighted by Crippen LogP contribution is -2.53. The van der Waals surface area contributed by atoms with Gasteiger partial charge in [0.2, 0.25) is 17.7 Å². The Balaban J connectivity index is 2.04. The lowest BCUT2D eigenvalue weighted by atomic mass is 10.0. The summed E-state index contributed by atoms with van der Waals surface area (Å²) in [4.78, 5) is 39.9. The average Bonchev–Trinajstić information content (AvgIpc) is 2.87. The van der Waals surface area contributed by atoms with Gasteiger partial charge in [0, 0.05) is 32.7 Å². The van der Waals surface area contributed by atoms with Crippen molar-refractivity contribution < 1.29 is 14.4 Å². The molecule has 0 saturated carbocycles. The molecule has 0 fully saturated rings. The molecule has 0 heterocycles. The van der Waals surface area contributed by atoms with Gasteiger partial charge in [-0.25, -0.2) is 0 Å². The van der Waals surface area contributed by atoms with E-state index in [0.29, 0.717) is 36.0 Å². The summed E-state index contributed by atoms with van der Waals surface area (Å²) in [6.07, 6.45) is 0.680. The normalized spacial score (nSPS) is 12.5. The molecule has 2 unspecified atom stereocenters. The minimum absolute atomic E-state index is 0.200. The number of aryl methyl sites for hydroxylation is 1. The maximum Gasteiger partial charge on any atom is 0.242 e. The molecular weight excluding hydrogens is 503 g/mol. The SMILES string of the molecule is NCCN(CCN)C(=O)CC(N)C(=O)NC(CCc1ccccc1)C(=O)NCc1ccc(Cl)c(Cl)c1. The first-order chi connectivity index (χ1) is 17.2. The van der Waals surface area contributed by atoms with Gasteiger partial charge in [0.1, 0.15) is 6.04 Å². The first kappa shape index (κ1) is 29.5. The van der Waals surface area contributed by atoms with Gasteiger partial charge >= 0.3 is 0 Å². The number of nitrogens with zero attached hydrogens (tertiary/aromatic N) is 1. The van der Waals surface area contributed by atoms with E-state index in [4.69, 9.17) is 40.4 Å². The topological polar surface area (TPSA) is 157 Å². The zero-order chi connectivity index (χ0) is 26.5. The van der Waals surface area contributed by atoms with Gasteiger partial charge in [0.25, 0.3) is 0 Å². The number of carbonyl (C=O) groups excluding carboxylic acids is 3. The molecular formula is C25H34Cl2N6O3. The van der Waals surface area contributed by atoms with Crippen LogP contribution >= 0.6 is 23.2 Å². The highest BCUT2D eigenvalue weighted by Gasteiger charge is 2.26. The number of hydrogen-bond donors (Lipinski definition) is 5. The van der Waals surface area contributed by atoms with Crippen molar-refractivity contribution in [3.63, 3.8) is 0 Å². The van der Waals surface area contributed by atoms with Crippen molar-refractivity contribution >= 4 is 40.9 Å². The first-order valence-corrected chi connectivity index (χ1v) is 12.5. The Morgan fingerprint density at radius 3 is 2.17 bits per heavy atom. The maximum absolute atomic E-state index is 13.0. The van der Waals surface area contributed by atoms with E-state index in [1.165, 1.54) is 4.90 Å². The van der Waals surface area contributed by atoms with Crippen molar-refractivity contribution in [3.05, 3.63) is 69.7 Å². The van der Waals surface area contributed by atoms with Gasteiger partial charge in [-0.1, -0.05) is 59.6 Å². The predicted octanol–water partition coefficient (Wildman–Crippen LogP) is 1.19. The van der Waals surface area contributed by atoms with Crippen LogP contribution in [0.3, 0.4) is 0 Å². The largest absolute Gasteiger partial charge is 0.350 e. The molecule has 2 atom stereocenters. The Kier molecular flexibility index (Phi) is 12.7. The standard InChI is InChI=1S/C25H34Cl2N6O3/c26-19-8-6-18(14-20(19)27)16-31-25(36)22(9-7-17-4-2-1-3-5-17)32-24(35)21(30)15-23(34)33(12-10-28)13-11-29/h1-6,8,14,21-22H,7,9-13,15-16,28-30H2,(H,31,36)(H,32,35). The number of rotatable bonds is 14. The van der Waals surface area contributed by atoms with Crippen LogP contribution in [0.5, 0.6) is 0 Å². The molecule has 36 heavy (non-hydrogen) atoms. The molecule has 196 valence electrons. The molecule has 9 nitrogen and oxygen atoms in total. The third-order valence-corrected chi connectivity index (χ3v) is 6.27. The Hall–Kier alpha value is -2.69. The van der Waals surface area contributed by atoms with Gasteiger partial charge in [0.05, 0.1) is 22.5 Å². The lowest BCUT2D eigenvalue weighted by Gasteiger charge is -2.24. The molecule has 3 amide bonds. The number of benzene rings is 2. The highest BCUT2D eigenvalue weighted by molar-refractivity contribution is 6.42. The molecule has 0 saturated heterocycles. The summed E-state index contributed by atoms with van der Waals surface area (Å²) in [7, 11) is 0. The highest BCUT2D eigenvalue weighted by Crippen LogP contribution is 2.22. The zero-order valence-electron chi connectivity index (χ0n) is 20.1. The second-order valence-electron chi connectivity index (χ2n) is 8.32. The first-order valence-electron chi connectivity index (χ1n) is 11.7. The Morgan fingerprint density at radius 1 is 0.889 bits per heavy atom. The molecule has 0 bridgehead atoms. The van der Waals surface area contributed by atoms with Crippen LogP contribution in [0.1, 0.15) is 24.0 Å². The van der Waals surface area contributed by atoms with Crippen molar-refractivity contribution in [3.8, 4) is 0 Å². The Bertz CT molecular complexity index is 1000. The minimum atomic E-state index is -1.13. The van der Waals surface area contributed by atoms with Crippen molar-refractivity contribution in [2.24, 2.45) is 17.2 Å². The van der Waals surface area contributed by atoms with Crippen LogP contribution in [0.25, 0.3) is 0 Å². The fraction of sp³-hybridized carbons (Fsp3) is 0.400. The van der Waals surface area contributed by atoms with Gasteiger partial charge < -0.3 is 32.7 Å². The highest BCUT2D eigenvalue weighted by atomic mass is 35.5. The number of hydrogen-bond acceptors (Lipinski definition) is 6. The van der Waals surface area contributed by atoms with Crippen molar-refractivity contribution in [1.29, 1.82) is 0 Å². The van der Waals surface area contributed by atoms with E-state index in [0.717, 1.165) is 11.1 Å². The molecule has 0 aliphatic heterocycles. The van der Waals surface area contributed by atoms with Gasteiger partial charge in [-0.05, 0) is 36.1 Å². The van der Waals surface area contributed by atoms with Crippen molar-refractivity contribution in [1.82, 2.24) is 15.5 Å². The van der Waals surface area contributed by atoms with Gasteiger partial charge in [-0.15, -0.1) is 0 Å². The number of amides is 3. The van der Waals surface area contributed by atoms with E-state index < -0.39 is 18.0 Å². The summed E-state index contributed by atoms with van der Waals surface area (Å²) in [5.41, 5.74) is 18.9. The fourth-order valence-electron chi connectivity index (χ4n) is 3.55. The monoisotopic (exact) mass is 536 g/mol. The molecule has 0 radical (unpaired) electrons. The molecule has 11 heteroatoms. The maximum atomic E-state index is 13.0. The number of nitrogens with two attached hydrogens (primary N) is 3. The number of nitrogens with one attached hydrogen (secondary N) is 2. The van der Waals surface area contributed by atoms with Crippen LogP contribution in [-0.2, 0) is 27.3 Å². The summed E-state index contributed by atoms with van der Waals surface area (Å²) in [6.45, 7) is 1.38. The molecule has 8 N–H and O–H groups in total. The van der Waals surface area contributed by atoms with Crippen LogP contribution in [0, 0.1) is 0 Å². The second-order valence-corrected chi connectivity index (χ2v) is 9.13. The van der Waals surface area contributed by atoms with Gasteiger partial charge in [-0.2, -0.15) is 0 Å². The van der Waals surface area contributed by atoms with Crippen molar-refractivity contribution in [2.45, 2.75) is 37.9 Å². The fourth-order valence-corrected chi connectivity index (χ4v) is 3.87. The molecule has 0 aliphatic rings. The van der Waals surface area contributed by atoms with Crippen LogP contribution in [0.4, 0.5) is 0 Å². The van der Waals surface area contributed by atoms with Gasteiger partial charge in [-0.3, -0.25) is 14.4 Å². The summed E-state index contributed by atoms with van der Waals surface area (Å²) in [5, 5.41) is 6.33. The third kappa shape index (κ3) is 9.75. The number of carbonyl (C=O) groups is 3. The van der Waals surface area contributed by atoms with E-state index in [1.54, 1.807) is 18.2 Å². The van der Waals surface area contributed by atoms with E-state index in [2.05, 4.69) is 10.6 Å². The quantitative estimate of drug-likeness (QED) is 0.244. The molecule has 0 spiro atoms. The molecule has 0 aliphatic carbocycles. The average molecular weight is 537 g/mol. The van der Waals surface area contributed by atoms with Crippen LogP contribution < -0.4 is 27.8 Å². The van der Waals surface area contributed by atoms with E-state index in [-0.39, 0.29) is 37.9 Å². The van der Waals surface area contributed by atoms with E-state index in [9.17, 15) is 14.4 Å². The third-order valence-electron chi connectivity index (χ3n) is 5.53. The van der Waals surface area contributed by atoms with Crippen LogP contribution in [0.15, 0.2) is 48.5 Å². The Labute approximate surface area is 221 Å². The van der Waals surface area contributed by atoms with Crippen LogP contribution in [-0.4, -0.2) is 60.9 Å². The Morgan fingerprint density at radius 2 is 1.56 bits per heavy atom. The summed E-state index contributed by atoms with van der Waals surface area (Å²) < 4.78 is 0. The van der Waals surface area contributed by atoms with Gasteiger partial charge in [0.15, 0.2) is 0 Å². The van der Waals surface area contributed by atoms with E-state index in [1.807, 2.05) is 30.3 Å². The zero-order valence-corrected chi connectivity index (χ0v) is 21.6. The minimum Gasteiger partial charge on any atom is -0.350 e. The smallest absolute Gasteiger partial charge is 0.242 e. The van der Waals surface area contributed by atoms with Crippen LogP contribution in [0.2, 0.25) is 10.0 Å². The van der Waals surface area contributed by atoms with Crippen molar-refractivity contribution in [2.75, 3.05) is 26.2 Å². The number of halogens is 2. The molecule has 2 rings (SSSR count). The molecule has 0 aromatic heterocycles. The summed E-state index contributed by atoms with van der Waals surface area (Å²) in [6, 6.07) is 12.7. The summed E-state index contributed by atoms with van der Waals surface area (Å²) in [5.74, 6) is -1.29. The predicted molar refractivity (Wildman–Crippen MR) is 142 cm³/mol.